The molecule has 2 rings (SSSR count). The van der Waals surface area contributed by atoms with Crippen LogP contribution in [-0.2, 0) is 6.54 Å². The molecule has 2 aromatic heterocycles. The Balaban J connectivity index is 1.97. The Morgan fingerprint density at radius 3 is 2.76 bits per heavy atom. The van der Waals surface area contributed by atoms with Gasteiger partial charge in [-0.3, -0.25) is 0 Å². The van der Waals surface area contributed by atoms with Crippen LogP contribution < -0.4 is 11.1 Å². The molecule has 1 unspecified atom stereocenters. The smallest absolute Gasteiger partial charge is 0.315 e. The molecule has 0 radical (unpaired) electrons. The summed E-state index contributed by atoms with van der Waals surface area (Å²) in [6.45, 7) is 6.73. The molecule has 0 aliphatic heterocycles. The van der Waals surface area contributed by atoms with Crippen LogP contribution in [0.15, 0.2) is 10.5 Å². The van der Waals surface area contributed by atoms with Gasteiger partial charge in [0.15, 0.2) is 0 Å². The lowest BCUT2D eigenvalue weighted by atomic mass is 10.3. The number of thiophene rings is 1. The minimum Gasteiger partial charge on any atom is -0.406 e. The minimum absolute atomic E-state index is 0.232. The minimum atomic E-state index is -0.232. The molecular weight excluding hydrogens is 236 g/mol. The van der Waals surface area contributed by atoms with Gasteiger partial charge < -0.3 is 15.5 Å². The van der Waals surface area contributed by atoms with E-state index in [9.17, 15) is 0 Å². The van der Waals surface area contributed by atoms with Gasteiger partial charge in [-0.25, -0.2) is 0 Å². The van der Waals surface area contributed by atoms with Crippen molar-refractivity contribution in [1.82, 2.24) is 10.2 Å². The number of aromatic nitrogens is 2. The van der Waals surface area contributed by atoms with Gasteiger partial charge in [-0.05, 0) is 32.4 Å². The molecule has 17 heavy (non-hydrogen) atoms. The van der Waals surface area contributed by atoms with E-state index in [0.717, 1.165) is 0 Å². The van der Waals surface area contributed by atoms with Gasteiger partial charge in [0.1, 0.15) is 0 Å². The predicted octanol–water partition coefficient (Wildman–Crippen LogP) is 2.38. The molecule has 6 heteroatoms. The van der Waals surface area contributed by atoms with Crippen molar-refractivity contribution in [2.75, 3.05) is 5.32 Å². The van der Waals surface area contributed by atoms with E-state index in [1.807, 2.05) is 6.92 Å². The van der Waals surface area contributed by atoms with Gasteiger partial charge >= 0.3 is 6.01 Å². The van der Waals surface area contributed by atoms with Gasteiger partial charge in [0.25, 0.3) is 0 Å². The third-order valence-corrected chi connectivity index (χ3v) is 3.61. The Bertz CT molecular complexity index is 484. The Hall–Kier alpha value is -1.40. The van der Waals surface area contributed by atoms with Crippen molar-refractivity contribution in [2.45, 2.75) is 33.4 Å². The highest BCUT2D eigenvalue weighted by atomic mass is 32.1. The van der Waals surface area contributed by atoms with Crippen LogP contribution >= 0.6 is 11.3 Å². The molecule has 0 saturated carbocycles. The number of aryl methyl sites for hydroxylation is 2. The van der Waals surface area contributed by atoms with Crippen molar-refractivity contribution in [3.8, 4) is 0 Å². The topological polar surface area (TPSA) is 77.0 Å². The Kier molecular flexibility index (Phi) is 3.44. The lowest BCUT2D eigenvalue weighted by Crippen LogP contribution is -2.04. The second-order valence-electron chi connectivity index (χ2n) is 4.04. The van der Waals surface area contributed by atoms with Gasteiger partial charge in [0.2, 0.25) is 5.89 Å². The molecule has 2 aromatic rings. The normalized spacial score (nSPS) is 12.7. The molecule has 5 nitrogen and oxygen atoms in total. The number of hydrogen-bond acceptors (Lipinski definition) is 6. The first-order valence-electron chi connectivity index (χ1n) is 5.45. The first-order valence-corrected chi connectivity index (χ1v) is 6.26. The van der Waals surface area contributed by atoms with E-state index >= 15 is 0 Å². The summed E-state index contributed by atoms with van der Waals surface area (Å²) in [6.07, 6.45) is 0. The largest absolute Gasteiger partial charge is 0.406 e. The van der Waals surface area contributed by atoms with Crippen molar-refractivity contribution in [2.24, 2.45) is 5.73 Å². The molecule has 1 atom stereocenters. The van der Waals surface area contributed by atoms with E-state index in [4.69, 9.17) is 10.2 Å². The average Bonchev–Trinajstić information content (AvgIpc) is 2.84. The fraction of sp³-hybridized carbons (Fsp3) is 0.455. The van der Waals surface area contributed by atoms with Gasteiger partial charge in [0, 0.05) is 9.75 Å². The number of anilines is 1. The molecule has 0 fully saturated rings. The third-order valence-electron chi connectivity index (χ3n) is 2.46. The highest BCUT2D eigenvalue weighted by Crippen LogP contribution is 2.21. The number of hydrogen-bond donors (Lipinski definition) is 2. The molecule has 92 valence electrons. The number of nitrogens with two attached hydrogens (primary N) is 1. The molecule has 0 spiro atoms. The molecule has 0 amide bonds. The summed E-state index contributed by atoms with van der Waals surface area (Å²) in [7, 11) is 0. The Morgan fingerprint density at radius 1 is 1.47 bits per heavy atom. The molecular formula is C11H16N4OS. The zero-order chi connectivity index (χ0) is 12.4. The second kappa shape index (κ2) is 4.85. The molecule has 3 N–H and O–H groups in total. The van der Waals surface area contributed by atoms with Crippen molar-refractivity contribution in [1.29, 1.82) is 0 Å². The summed E-state index contributed by atoms with van der Waals surface area (Å²) in [6, 6.07) is 2.35. The maximum absolute atomic E-state index is 5.64. The van der Waals surface area contributed by atoms with Gasteiger partial charge in [-0.1, -0.05) is 5.10 Å². The van der Waals surface area contributed by atoms with E-state index in [1.165, 1.54) is 15.3 Å². The second-order valence-corrected chi connectivity index (χ2v) is 5.38. The summed E-state index contributed by atoms with van der Waals surface area (Å²) >= 11 is 1.77. The fourth-order valence-corrected chi connectivity index (χ4v) is 2.38. The Labute approximate surface area is 104 Å². The van der Waals surface area contributed by atoms with Crippen LogP contribution in [0.25, 0.3) is 0 Å². The molecule has 2 heterocycles. The maximum Gasteiger partial charge on any atom is 0.315 e. The quantitative estimate of drug-likeness (QED) is 0.873. The van der Waals surface area contributed by atoms with Crippen LogP contribution in [0, 0.1) is 13.8 Å². The van der Waals surface area contributed by atoms with Crippen LogP contribution in [0.3, 0.4) is 0 Å². The SMILES string of the molecule is Cc1cc(CNc2nnc(C(C)N)o2)sc1C. The molecule has 0 aliphatic carbocycles. The summed E-state index contributed by atoms with van der Waals surface area (Å²) in [5.41, 5.74) is 6.95. The lowest BCUT2D eigenvalue weighted by Gasteiger charge is -1.98. The van der Waals surface area contributed by atoms with E-state index in [2.05, 4.69) is 35.4 Å². The van der Waals surface area contributed by atoms with E-state index in [1.54, 1.807) is 11.3 Å². The van der Waals surface area contributed by atoms with E-state index in [-0.39, 0.29) is 6.04 Å². The average molecular weight is 252 g/mol. The fourth-order valence-electron chi connectivity index (χ4n) is 1.39. The van der Waals surface area contributed by atoms with Gasteiger partial charge in [0.05, 0.1) is 12.6 Å². The maximum atomic E-state index is 5.64. The van der Waals surface area contributed by atoms with Crippen LogP contribution in [0.4, 0.5) is 6.01 Å². The standard InChI is InChI=1S/C11H16N4OS/c1-6-4-9(17-8(6)3)5-13-11-15-14-10(16-11)7(2)12/h4,7H,5,12H2,1-3H3,(H,13,15). The summed E-state index contributed by atoms with van der Waals surface area (Å²) < 4.78 is 5.35. The zero-order valence-corrected chi connectivity index (χ0v) is 11.0. The van der Waals surface area contributed by atoms with Crippen molar-refractivity contribution in [3.63, 3.8) is 0 Å². The number of nitrogens with zero attached hydrogens (tertiary/aromatic N) is 2. The first kappa shape index (κ1) is 12.1. The highest BCUT2D eigenvalue weighted by molar-refractivity contribution is 7.12. The summed E-state index contributed by atoms with van der Waals surface area (Å²) in [5, 5.41) is 10.8. The summed E-state index contributed by atoms with van der Waals surface area (Å²) in [5.74, 6) is 0.450. The zero-order valence-electron chi connectivity index (χ0n) is 10.2. The van der Waals surface area contributed by atoms with Crippen molar-refractivity contribution in [3.05, 3.63) is 27.3 Å². The van der Waals surface area contributed by atoms with E-state index in [0.29, 0.717) is 18.5 Å². The van der Waals surface area contributed by atoms with Crippen molar-refractivity contribution >= 4 is 17.4 Å². The Morgan fingerprint density at radius 2 is 2.24 bits per heavy atom. The molecule has 0 bridgehead atoms. The van der Waals surface area contributed by atoms with Crippen LogP contribution in [-0.4, -0.2) is 10.2 Å². The molecule has 0 aliphatic rings. The number of nitrogens with one attached hydrogen (secondary N) is 1. The van der Waals surface area contributed by atoms with Gasteiger partial charge in [-0.2, -0.15) is 0 Å². The lowest BCUT2D eigenvalue weighted by molar-refractivity contribution is 0.473. The monoisotopic (exact) mass is 252 g/mol. The third kappa shape index (κ3) is 2.83. The van der Waals surface area contributed by atoms with Crippen LogP contribution in [0.1, 0.15) is 34.2 Å². The van der Waals surface area contributed by atoms with Gasteiger partial charge in [-0.15, -0.1) is 16.4 Å². The highest BCUT2D eigenvalue weighted by Gasteiger charge is 2.09. The van der Waals surface area contributed by atoms with Crippen LogP contribution in [0.2, 0.25) is 0 Å². The first-order chi connectivity index (χ1) is 8.06. The van der Waals surface area contributed by atoms with Crippen molar-refractivity contribution < 1.29 is 4.42 Å². The van der Waals surface area contributed by atoms with E-state index < -0.39 is 0 Å². The number of rotatable bonds is 4. The molecule has 0 aromatic carbocycles. The summed E-state index contributed by atoms with van der Waals surface area (Å²) in [4.78, 5) is 2.59. The predicted molar refractivity (Wildman–Crippen MR) is 68.0 cm³/mol. The van der Waals surface area contributed by atoms with Crippen LogP contribution in [0.5, 0.6) is 0 Å². The molecule has 0 saturated heterocycles.